The second-order valence-corrected chi connectivity index (χ2v) is 7.89. The van der Waals surface area contributed by atoms with Crippen LogP contribution in [-0.4, -0.2) is 79.2 Å². The summed E-state index contributed by atoms with van der Waals surface area (Å²) in [5.74, 6) is -1.95. The first-order valence-electron chi connectivity index (χ1n) is 9.55. The molecule has 1 aliphatic carbocycles. The average Bonchev–Trinajstić information content (AvgIpc) is 3.11. The number of nitrogens with two attached hydrogens (primary N) is 1. The molecule has 5 atom stereocenters. The Balaban J connectivity index is 1.55. The fraction of sp³-hybridized carbons (Fsp3) is 0.556. The summed E-state index contributed by atoms with van der Waals surface area (Å²) in [5.41, 5.74) is 7.01. The highest BCUT2D eigenvalue weighted by atomic mass is 16.7. The van der Waals surface area contributed by atoms with Gasteiger partial charge in [-0.15, -0.1) is 0 Å². The first-order valence-corrected chi connectivity index (χ1v) is 9.55. The van der Waals surface area contributed by atoms with E-state index in [0.29, 0.717) is 6.54 Å². The fourth-order valence-electron chi connectivity index (χ4n) is 5.09. The van der Waals surface area contributed by atoms with Gasteiger partial charge in [0.1, 0.15) is 19.3 Å². The molecule has 5 unspecified atom stereocenters. The number of ether oxygens (including phenoxy) is 2. The molecule has 0 bridgehead atoms. The maximum atomic E-state index is 13.5. The van der Waals surface area contributed by atoms with Gasteiger partial charge in [0.05, 0.1) is 23.4 Å². The molecule has 3 fully saturated rings. The van der Waals surface area contributed by atoms with Crippen molar-refractivity contribution in [3.63, 3.8) is 0 Å². The van der Waals surface area contributed by atoms with Crippen molar-refractivity contribution in [2.45, 2.75) is 30.8 Å². The number of carbonyl (C=O) groups excluding carboxylic acids is 4. The van der Waals surface area contributed by atoms with Crippen molar-refractivity contribution in [2.24, 2.45) is 11.7 Å². The highest BCUT2D eigenvalue weighted by Gasteiger charge is 2.72. The number of primary amides is 1. The first kappa shape index (κ1) is 19.0. The molecule has 4 heterocycles. The van der Waals surface area contributed by atoms with E-state index in [1.54, 1.807) is 4.90 Å². The van der Waals surface area contributed by atoms with E-state index in [-0.39, 0.29) is 53.6 Å². The average molecular weight is 419 g/mol. The fourth-order valence-corrected chi connectivity index (χ4v) is 5.09. The second-order valence-electron chi connectivity index (χ2n) is 7.89. The molecule has 12 heteroatoms. The van der Waals surface area contributed by atoms with Gasteiger partial charge in [0.25, 0.3) is 5.91 Å². The number of fused-ring (bicyclic) bond motifs is 4. The topological polar surface area (TPSA) is 171 Å². The van der Waals surface area contributed by atoms with Crippen LogP contribution < -0.4 is 21.8 Å². The van der Waals surface area contributed by atoms with E-state index in [0.717, 1.165) is 0 Å². The number of nitrogens with zero attached hydrogens (tertiary/aromatic N) is 1. The molecule has 3 saturated heterocycles. The van der Waals surface area contributed by atoms with Crippen molar-refractivity contribution < 1.29 is 33.5 Å². The Kier molecular flexibility index (Phi) is 3.98. The number of hydrogen-bond acceptors (Lipinski definition) is 10. The lowest BCUT2D eigenvalue weighted by atomic mass is 9.82. The Morgan fingerprint density at radius 1 is 1.37 bits per heavy atom. The zero-order valence-corrected chi connectivity index (χ0v) is 16.3. The van der Waals surface area contributed by atoms with Gasteiger partial charge in [0, 0.05) is 30.8 Å². The molecule has 0 aromatic heterocycles. The van der Waals surface area contributed by atoms with E-state index in [9.17, 15) is 19.2 Å². The number of hydrogen-bond donors (Lipinski definition) is 4. The molecule has 4 aliphatic heterocycles. The van der Waals surface area contributed by atoms with Gasteiger partial charge in [-0.3, -0.25) is 19.2 Å². The summed E-state index contributed by atoms with van der Waals surface area (Å²) in [6.07, 6.45) is -0.986. The predicted molar refractivity (Wildman–Crippen MR) is 96.9 cm³/mol. The number of amides is 2. The Morgan fingerprint density at radius 2 is 2.13 bits per heavy atom. The maximum Gasteiger partial charge on any atom is 0.404 e. The normalized spacial score (nSPS) is 36.6. The lowest BCUT2D eigenvalue weighted by Gasteiger charge is -2.39. The SMILES string of the molecule is COC12C(COC(N)=O)C3=C(C(=O)C(C)=C(NC4CONC4=O)C3=O)N1CC1NC12. The largest absolute Gasteiger partial charge is 0.449 e. The highest BCUT2D eigenvalue weighted by molar-refractivity contribution is 6.25. The molecule has 5 rings (SSSR count). The van der Waals surface area contributed by atoms with E-state index >= 15 is 0 Å². The van der Waals surface area contributed by atoms with E-state index in [4.69, 9.17) is 20.0 Å². The van der Waals surface area contributed by atoms with Crippen LogP contribution in [-0.2, 0) is 28.7 Å². The number of methoxy groups -OCH3 is 1. The highest BCUT2D eigenvalue weighted by Crippen LogP contribution is 2.55. The summed E-state index contributed by atoms with van der Waals surface area (Å²) < 4.78 is 11.0. The standard InChI is InChI=1S/C18H21N5O7/c1-6-11(20-9-5-30-22-16(9)26)14(25)10-7(4-29-17(19)27)18(28-2)15-8(21-15)3-23(18)12(10)13(6)24/h7-9,15,20-21H,3-5H2,1-2H3,(H2,19,27)(H,22,26). The van der Waals surface area contributed by atoms with Gasteiger partial charge < -0.3 is 30.7 Å². The number of allylic oxidation sites excluding steroid dienone is 2. The van der Waals surface area contributed by atoms with E-state index in [1.165, 1.54) is 14.0 Å². The number of Topliss-reactive ketones (excluding diaryl/α,β-unsaturated/α-hetero) is 2. The third kappa shape index (κ3) is 2.32. The van der Waals surface area contributed by atoms with Crippen LogP contribution in [0, 0.1) is 5.92 Å². The van der Waals surface area contributed by atoms with Crippen molar-refractivity contribution in [1.82, 2.24) is 21.0 Å². The maximum absolute atomic E-state index is 13.5. The molecule has 5 N–H and O–H groups in total. The van der Waals surface area contributed by atoms with Crippen molar-refractivity contribution in [1.29, 1.82) is 0 Å². The Hall–Kier alpha value is -2.96. The zero-order chi connectivity index (χ0) is 21.4. The third-order valence-electron chi connectivity index (χ3n) is 6.49. The summed E-state index contributed by atoms with van der Waals surface area (Å²) in [6.45, 7) is 1.82. The smallest absolute Gasteiger partial charge is 0.404 e. The van der Waals surface area contributed by atoms with Crippen LogP contribution in [0.1, 0.15) is 6.92 Å². The molecule has 0 aromatic carbocycles. The van der Waals surface area contributed by atoms with Crippen LogP contribution in [0.3, 0.4) is 0 Å². The van der Waals surface area contributed by atoms with E-state index in [2.05, 4.69) is 16.1 Å². The van der Waals surface area contributed by atoms with Gasteiger partial charge in [-0.25, -0.2) is 10.3 Å². The molecule has 2 amide bonds. The molecule has 0 spiro atoms. The quantitative estimate of drug-likeness (QED) is 0.274. The second kappa shape index (κ2) is 6.27. The van der Waals surface area contributed by atoms with Crippen LogP contribution >= 0.6 is 0 Å². The van der Waals surface area contributed by atoms with Crippen molar-refractivity contribution in [3.05, 3.63) is 22.5 Å². The van der Waals surface area contributed by atoms with E-state index in [1.807, 2.05) is 0 Å². The molecule has 0 aromatic rings. The number of nitrogens with one attached hydrogen (secondary N) is 3. The Bertz CT molecular complexity index is 959. The van der Waals surface area contributed by atoms with Crippen LogP contribution in [0.25, 0.3) is 0 Å². The molecule has 0 radical (unpaired) electrons. The zero-order valence-electron chi connectivity index (χ0n) is 16.3. The molecule has 30 heavy (non-hydrogen) atoms. The van der Waals surface area contributed by atoms with Crippen LogP contribution in [0.15, 0.2) is 22.5 Å². The molecular weight excluding hydrogens is 398 g/mol. The third-order valence-corrected chi connectivity index (χ3v) is 6.49. The Labute approximate surface area is 170 Å². The summed E-state index contributed by atoms with van der Waals surface area (Å²) in [5, 5.41) is 6.13. The van der Waals surface area contributed by atoms with Gasteiger partial charge in [0.2, 0.25) is 11.6 Å². The number of carbonyl (C=O) groups is 4. The van der Waals surface area contributed by atoms with Crippen molar-refractivity contribution in [3.8, 4) is 0 Å². The van der Waals surface area contributed by atoms with Gasteiger partial charge in [-0.05, 0) is 6.92 Å². The number of ketones is 2. The van der Waals surface area contributed by atoms with Gasteiger partial charge in [0.15, 0.2) is 5.72 Å². The number of rotatable bonds is 5. The summed E-state index contributed by atoms with van der Waals surface area (Å²) in [4.78, 5) is 56.8. The van der Waals surface area contributed by atoms with Crippen LogP contribution in [0.2, 0.25) is 0 Å². The lowest BCUT2D eigenvalue weighted by Crippen LogP contribution is -2.55. The summed E-state index contributed by atoms with van der Waals surface area (Å²) >= 11 is 0. The van der Waals surface area contributed by atoms with Gasteiger partial charge in [-0.2, -0.15) is 0 Å². The molecule has 5 aliphatic rings. The number of piperazine rings is 1. The molecular formula is C18H21N5O7. The molecule has 0 saturated carbocycles. The van der Waals surface area contributed by atoms with Gasteiger partial charge in [-0.1, -0.05) is 0 Å². The monoisotopic (exact) mass is 419 g/mol. The van der Waals surface area contributed by atoms with Crippen molar-refractivity contribution >= 4 is 23.6 Å². The van der Waals surface area contributed by atoms with Crippen LogP contribution in [0.4, 0.5) is 4.79 Å². The summed E-state index contributed by atoms with van der Waals surface area (Å²) in [7, 11) is 1.50. The lowest BCUT2D eigenvalue weighted by molar-refractivity contribution is -0.137. The predicted octanol–water partition coefficient (Wildman–Crippen LogP) is -2.59. The van der Waals surface area contributed by atoms with Gasteiger partial charge >= 0.3 is 6.09 Å². The molecule has 160 valence electrons. The summed E-state index contributed by atoms with van der Waals surface area (Å²) in [6, 6.07) is -0.816. The first-order chi connectivity index (χ1) is 14.3. The van der Waals surface area contributed by atoms with Crippen LogP contribution in [0.5, 0.6) is 0 Å². The number of hydroxylamine groups is 1. The Morgan fingerprint density at radius 3 is 2.77 bits per heavy atom. The minimum atomic E-state index is -1.04. The van der Waals surface area contributed by atoms with Crippen molar-refractivity contribution in [2.75, 3.05) is 26.9 Å². The van der Waals surface area contributed by atoms with E-state index < -0.39 is 35.5 Å². The molecule has 12 nitrogen and oxygen atoms in total. The minimum Gasteiger partial charge on any atom is -0.449 e. The minimum absolute atomic E-state index is 0.0129.